The van der Waals surface area contributed by atoms with Crippen molar-refractivity contribution < 1.29 is 13.2 Å². The molecule has 0 aliphatic heterocycles. The molecule has 0 N–H and O–H groups in total. The van der Waals surface area contributed by atoms with Crippen molar-refractivity contribution in [2.24, 2.45) is 0 Å². The van der Waals surface area contributed by atoms with E-state index in [1.807, 2.05) is 0 Å². The van der Waals surface area contributed by atoms with Gasteiger partial charge in [-0.05, 0) is 17.4 Å². The van der Waals surface area contributed by atoms with E-state index in [1.165, 1.54) is 12.1 Å². The summed E-state index contributed by atoms with van der Waals surface area (Å²) >= 11 is 0. The molecule has 0 spiro atoms. The summed E-state index contributed by atoms with van der Waals surface area (Å²) in [7, 11) is 2.33. The van der Waals surface area contributed by atoms with Crippen LogP contribution in [0.25, 0.3) is 0 Å². The van der Waals surface area contributed by atoms with Gasteiger partial charge in [0, 0.05) is 0 Å². The average Bonchev–Trinajstić information content (AvgIpc) is 1.86. The molecule has 0 heterocycles. The summed E-state index contributed by atoms with van der Waals surface area (Å²) in [5.74, 6) is 0. The molecule has 0 fully saturated rings. The minimum absolute atomic E-state index is 0.608. The van der Waals surface area contributed by atoms with Crippen molar-refractivity contribution in [2.45, 2.75) is 6.18 Å². The summed E-state index contributed by atoms with van der Waals surface area (Å²) in [6, 6.07) is 4.94. The summed E-state index contributed by atoms with van der Waals surface area (Å²) in [6.07, 6.45) is -4.22. The van der Waals surface area contributed by atoms with Crippen molar-refractivity contribution in [3.63, 3.8) is 0 Å². The normalized spacial score (nSPS) is 11.6. The first-order valence-corrected chi connectivity index (χ1v) is 3.50. The first-order valence-electron chi connectivity index (χ1n) is 2.93. The van der Waals surface area contributed by atoms with E-state index in [0.717, 1.165) is 17.4 Å². The van der Waals surface area contributed by atoms with Crippen LogP contribution in [0.3, 0.4) is 0 Å². The van der Waals surface area contributed by atoms with Crippen molar-refractivity contribution in [3.8, 4) is 0 Å². The Bertz CT molecular complexity index is 237. The van der Waals surface area contributed by atoms with E-state index in [0.29, 0.717) is 0 Å². The molecule has 0 radical (unpaired) electrons. The van der Waals surface area contributed by atoms with Crippen LogP contribution in [0, 0.1) is 0 Å². The fraction of sp³-hybridized carbons (Fsp3) is 0.143. The van der Waals surface area contributed by atoms with Gasteiger partial charge in [-0.2, -0.15) is 13.2 Å². The number of hydrogen-bond donors (Lipinski definition) is 0. The van der Waals surface area contributed by atoms with Gasteiger partial charge in [-0.15, -0.1) is 9.24 Å². The van der Waals surface area contributed by atoms with Gasteiger partial charge in [0.2, 0.25) is 0 Å². The minimum atomic E-state index is -4.22. The molecule has 4 heteroatoms. The lowest BCUT2D eigenvalue weighted by molar-refractivity contribution is -0.137. The minimum Gasteiger partial charge on any atom is -0.166 e. The third kappa shape index (κ3) is 2.19. The quantitative estimate of drug-likeness (QED) is 0.534. The van der Waals surface area contributed by atoms with E-state index in [9.17, 15) is 13.2 Å². The Morgan fingerprint density at radius 1 is 1.00 bits per heavy atom. The van der Waals surface area contributed by atoms with E-state index in [-0.39, 0.29) is 0 Å². The maximum atomic E-state index is 11.9. The first kappa shape index (κ1) is 8.54. The summed E-state index contributed by atoms with van der Waals surface area (Å²) in [4.78, 5) is 0. The predicted molar refractivity (Wildman–Crippen MR) is 40.8 cm³/mol. The highest BCUT2D eigenvalue weighted by atomic mass is 31.0. The molecular formula is C7H6F3P. The standard InChI is InChI=1S/C7H6F3P/c8-7(9,10)5-1-3-6(11)4-2-5/h1-4H,11H2. The Labute approximate surface area is 64.6 Å². The Hall–Kier alpha value is -0.560. The summed E-state index contributed by atoms with van der Waals surface area (Å²) in [6.45, 7) is 0. The predicted octanol–water partition coefficient (Wildman–Crippen LogP) is 2.21. The van der Waals surface area contributed by atoms with Crippen LogP contribution >= 0.6 is 9.24 Å². The van der Waals surface area contributed by atoms with Gasteiger partial charge < -0.3 is 0 Å². The molecule has 0 bridgehead atoms. The maximum absolute atomic E-state index is 11.9. The number of hydrogen-bond acceptors (Lipinski definition) is 0. The highest BCUT2D eigenvalue weighted by molar-refractivity contribution is 7.27. The zero-order valence-electron chi connectivity index (χ0n) is 5.52. The number of alkyl halides is 3. The van der Waals surface area contributed by atoms with Crippen molar-refractivity contribution in [3.05, 3.63) is 29.8 Å². The molecule has 0 saturated heterocycles. The second kappa shape index (κ2) is 2.82. The fourth-order valence-electron chi connectivity index (χ4n) is 0.672. The van der Waals surface area contributed by atoms with Crippen LogP contribution in [0.15, 0.2) is 24.3 Å². The van der Waals surface area contributed by atoms with Crippen molar-refractivity contribution >= 4 is 14.5 Å². The summed E-state index contributed by atoms with van der Waals surface area (Å²) in [5, 5.41) is 0.748. The Balaban J connectivity index is 2.99. The molecule has 0 amide bonds. The van der Waals surface area contributed by atoms with Gasteiger partial charge in [0.05, 0.1) is 5.56 Å². The molecular weight excluding hydrogens is 172 g/mol. The van der Waals surface area contributed by atoms with Crippen LogP contribution < -0.4 is 5.30 Å². The first-order chi connectivity index (χ1) is 5.00. The van der Waals surface area contributed by atoms with Crippen LogP contribution in [0.5, 0.6) is 0 Å². The summed E-state index contributed by atoms with van der Waals surface area (Å²) < 4.78 is 35.7. The molecule has 0 nitrogen and oxygen atoms in total. The van der Waals surface area contributed by atoms with Gasteiger partial charge in [-0.25, -0.2) is 0 Å². The molecule has 1 aromatic carbocycles. The zero-order chi connectivity index (χ0) is 8.48. The molecule has 0 aliphatic rings. The molecule has 60 valence electrons. The SMILES string of the molecule is FC(F)(F)c1ccc(P)cc1. The van der Waals surface area contributed by atoms with Gasteiger partial charge in [0.15, 0.2) is 0 Å². The highest BCUT2D eigenvalue weighted by Gasteiger charge is 2.29. The van der Waals surface area contributed by atoms with E-state index in [2.05, 4.69) is 9.24 Å². The Morgan fingerprint density at radius 2 is 1.45 bits per heavy atom. The van der Waals surface area contributed by atoms with Gasteiger partial charge in [0.1, 0.15) is 0 Å². The molecule has 11 heavy (non-hydrogen) atoms. The van der Waals surface area contributed by atoms with Gasteiger partial charge in [0.25, 0.3) is 0 Å². The number of rotatable bonds is 0. The van der Waals surface area contributed by atoms with Gasteiger partial charge in [-0.1, -0.05) is 12.1 Å². The average molecular weight is 178 g/mol. The van der Waals surface area contributed by atoms with Crippen molar-refractivity contribution in [1.29, 1.82) is 0 Å². The van der Waals surface area contributed by atoms with Gasteiger partial charge in [-0.3, -0.25) is 0 Å². The lowest BCUT2D eigenvalue weighted by Gasteiger charge is -2.05. The molecule has 0 aromatic heterocycles. The van der Waals surface area contributed by atoms with Crippen LogP contribution in [-0.2, 0) is 6.18 Å². The zero-order valence-corrected chi connectivity index (χ0v) is 6.68. The monoisotopic (exact) mass is 178 g/mol. The van der Waals surface area contributed by atoms with Crippen molar-refractivity contribution in [2.75, 3.05) is 0 Å². The topological polar surface area (TPSA) is 0 Å². The number of halogens is 3. The highest BCUT2D eigenvalue weighted by Crippen LogP contribution is 2.28. The Morgan fingerprint density at radius 3 is 1.82 bits per heavy atom. The second-order valence-corrected chi connectivity index (χ2v) is 2.79. The third-order valence-corrected chi connectivity index (χ3v) is 1.62. The van der Waals surface area contributed by atoms with Crippen molar-refractivity contribution in [1.82, 2.24) is 0 Å². The molecule has 0 saturated carbocycles. The van der Waals surface area contributed by atoms with E-state index >= 15 is 0 Å². The third-order valence-electron chi connectivity index (χ3n) is 1.24. The van der Waals surface area contributed by atoms with E-state index in [4.69, 9.17) is 0 Å². The van der Waals surface area contributed by atoms with E-state index < -0.39 is 11.7 Å². The number of benzene rings is 1. The van der Waals surface area contributed by atoms with Crippen LogP contribution in [-0.4, -0.2) is 0 Å². The fourth-order valence-corrected chi connectivity index (χ4v) is 0.865. The van der Waals surface area contributed by atoms with Gasteiger partial charge >= 0.3 is 6.18 Å². The molecule has 1 aromatic rings. The smallest absolute Gasteiger partial charge is 0.166 e. The second-order valence-electron chi connectivity index (χ2n) is 2.12. The van der Waals surface area contributed by atoms with E-state index in [1.54, 1.807) is 0 Å². The largest absolute Gasteiger partial charge is 0.416 e. The summed E-state index contributed by atoms with van der Waals surface area (Å²) in [5.41, 5.74) is -0.608. The van der Waals surface area contributed by atoms with Crippen LogP contribution in [0.4, 0.5) is 13.2 Å². The lowest BCUT2D eigenvalue weighted by Crippen LogP contribution is -2.05. The molecule has 1 atom stereocenters. The molecule has 1 rings (SSSR count). The Kier molecular flexibility index (Phi) is 2.19. The van der Waals surface area contributed by atoms with Crippen LogP contribution in [0.2, 0.25) is 0 Å². The maximum Gasteiger partial charge on any atom is 0.416 e. The van der Waals surface area contributed by atoms with Crippen LogP contribution in [0.1, 0.15) is 5.56 Å². The molecule has 0 aliphatic carbocycles. The lowest BCUT2D eigenvalue weighted by atomic mass is 10.2. The molecule has 1 unspecified atom stereocenters.